The highest BCUT2D eigenvalue weighted by Gasteiger charge is 2.26. The molecule has 1 aromatic carbocycles. The Balaban J connectivity index is 0.00000153. The monoisotopic (exact) mass is 524 g/mol. The second kappa shape index (κ2) is 10.2. The van der Waals surface area contributed by atoms with Crippen LogP contribution in [0.5, 0.6) is 0 Å². The van der Waals surface area contributed by atoms with Crippen LogP contribution in [-0.2, 0) is 16.6 Å². The number of halogens is 2. The summed E-state index contributed by atoms with van der Waals surface area (Å²) in [6.45, 7) is 1.57. The van der Waals surface area contributed by atoms with Crippen molar-refractivity contribution in [1.29, 1.82) is 0 Å². The summed E-state index contributed by atoms with van der Waals surface area (Å²) < 4.78 is 29.4. The van der Waals surface area contributed by atoms with E-state index >= 15 is 0 Å². The van der Waals surface area contributed by atoms with Gasteiger partial charge in [0.1, 0.15) is 5.04 Å². The quantitative estimate of drug-likeness (QED) is 0.411. The van der Waals surface area contributed by atoms with Crippen molar-refractivity contribution in [1.82, 2.24) is 19.5 Å². The Bertz CT molecular complexity index is 1360. The van der Waals surface area contributed by atoms with E-state index in [-0.39, 0.29) is 29.8 Å². The number of fused-ring (bicyclic) bond motifs is 1. The number of nitrogens with one attached hydrogen (secondary N) is 1. The lowest BCUT2D eigenvalue weighted by atomic mass is 10.2. The standard InChI is InChI=1S/C21H20N6O2S2.2ClH/c1-26(31(28,29)19-7-2-3-8-23-19)18-6-4-5-15-11-17(25-20(15)18)21-24-12-16(30-21)13-27-10-9-22-14-27;;/h2-11,14,16,25H,12-13H2,1H3;2*1H. The lowest BCUT2D eigenvalue weighted by Gasteiger charge is -2.19. The molecular formula is C21H22Cl2N6O2S2. The number of nitrogens with zero attached hydrogens (tertiary/aromatic N) is 5. The highest BCUT2D eigenvalue weighted by Crippen LogP contribution is 2.33. The average molecular weight is 525 g/mol. The van der Waals surface area contributed by atoms with Crippen molar-refractivity contribution >= 4 is 68.2 Å². The fourth-order valence-corrected chi connectivity index (χ4v) is 5.81. The third-order valence-corrected chi connectivity index (χ3v) is 8.05. The molecule has 0 radical (unpaired) electrons. The zero-order chi connectivity index (χ0) is 21.4. The maximum absolute atomic E-state index is 13.0. The van der Waals surface area contributed by atoms with Gasteiger partial charge in [0, 0.05) is 42.8 Å². The molecule has 3 aromatic heterocycles. The van der Waals surface area contributed by atoms with Gasteiger partial charge in [-0.2, -0.15) is 8.42 Å². The zero-order valence-corrected chi connectivity index (χ0v) is 20.8. The van der Waals surface area contributed by atoms with Crippen LogP contribution >= 0.6 is 36.6 Å². The highest BCUT2D eigenvalue weighted by molar-refractivity contribution is 8.15. The number of pyridine rings is 1. The number of aromatic nitrogens is 4. The van der Waals surface area contributed by atoms with Crippen molar-refractivity contribution in [3.63, 3.8) is 0 Å². The molecule has 33 heavy (non-hydrogen) atoms. The Kier molecular flexibility index (Phi) is 7.73. The van der Waals surface area contributed by atoms with E-state index in [0.717, 1.165) is 34.7 Å². The van der Waals surface area contributed by atoms with Gasteiger partial charge in [0.15, 0.2) is 5.03 Å². The van der Waals surface area contributed by atoms with Gasteiger partial charge in [0.2, 0.25) is 0 Å². The summed E-state index contributed by atoms with van der Waals surface area (Å²) in [5.74, 6) is 0. The van der Waals surface area contributed by atoms with Crippen LogP contribution in [0.4, 0.5) is 5.69 Å². The zero-order valence-electron chi connectivity index (χ0n) is 17.5. The number of sulfonamides is 1. The van der Waals surface area contributed by atoms with Crippen molar-refractivity contribution in [3.8, 4) is 0 Å². The first kappa shape index (κ1) is 25.1. The van der Waals surface area contributed by atoms with Crippen molar-refractivity contribution in [2.45, 2.75) is 16.8 Å². The summed E-state index contributed by atoms with van der Waals surface area (Å²) in [5, 5.41) is 2.21. The largest absolute Gasteiger partial charge is 0.351 e. The molecule has 12 heteroatoms. The molecule has 4 heterocycles. The van der Waals surface area contributed by atoms with Gasteiger partial charge < -0.3 is 9.55 Å². The van der Waals surface area contributed by atoms with Crippen molar-refractivity contribution in [2.24, 2.45) is 4.99 Å². The Labute approximate surface area is 208 Å². The number of imidazole rings is 1. The van der Waals surface area contributed by atoms with Gasteiger partial charge in [-0.25, -0.2) is 9.97 Å². The van der Waals surface area contributed by atoms with Gasteiger partial charge in [0.25, 0.3) is 10.0 Å². The summed E-state index contributed by atoms with van der Waals surface area (Å²) >= 11 is 1.72. The van der Waals surface area contributed by atoms with Gasteiger partial charge >= 0.3 is 0 Å². The van der Waals surface area contributed by atoms with Crippen LogP contribution < -0.4 is 4.31 Å². The summed E-state index contributed by atoms with van der Waals surface area (Å²) in [7, 11) is -2.23. The van der Waals surface area contributed by atoms with Crippen molar-refractivity contribution in [3.05, 3.63) is 73.1 Å². The molecule has 0 saturated heterocycles. The van der Waals surface area contributed by atoms with E-state index in [0.29, 0.717) is 10.9 Å². The van der Waals surface area contributed by atoms with Gasteiger partial charge in [0.05, 0.1) is 29.8 Å². The van der Waals surface area contributed by atoms with Crippen LogP contribution in [0.2, 0.25) is 0 Å². The molecule has 1 atom stereocenters. The SMILES string of the molecule is CN(c1cccc2cc(C3=NCC(Cn4ccnc4)S3)[nH]c12)S(=O)(=O)c1ccccn1.Cl.Cl. The van der Waals surface area contributed by atoms with Crippen LogP contribution in [0.15, 0.2) is 77.4 Å². The van der Waals surface area contributed by atoms with E-state index < -0.39 is 10.0 Å². The molecule has 0 fully saturated rings. The molecule has 4 aromatic rings. The van der Waals surface area contributed by atoms with Crippen molar-refractivity contribution in [2.75, 3.05) is 17.9 Å². The number of H-pyrrole nitrogens is 1. The number of anilines is 1. The molecule has 0 bridgehead atoms. The van der Waals surface area contributed by atoms with E-state index in [2.05, 4.69) is 19.5 Å². The minimum atomic E-state index is -3.77. The van der Waals surface area contributed by atoms with E-state index in [1.54, 1.807) is 43.2 Å². The summed E-state index contributed by atoms with van der Waals surface area (Å²) in [4.78, 5) is 16.2. The number of benzene rings is 1. The third kappa shape index (κ3) is 4.89. The van der Waals surface area contributed by atoms with E-state index in [9.17, 15) is 8.42 Å². The van der Waals surface area contributed by atoms with Gasteiger partial charge in [-0.15, -0.1) is 24.8 Å². The average Bonchev–Trinajstić information content (AvgIpc) is 3.54. The van der Waals surface area contributed by atoms with Crippen LogP contribution in [-0.4, -0.2) is 51.8 Å². The lowest BCUT2D eigenvalue weighted by molar-refractivity contribution is 0.590. The minimum absolute atomic E-state index is 0. The maximum Gasteiger partial charge on any atom is 0.281 e. The third-order valence-electron chi connectivity index (χ3n) is 5.16. The van der Waals surface area contributed by atoms with Crippen LogP contribution in [0.1, 0.15) is 5.69 Å². The first-order valence-corrected chi connectivity index (χ1v) is 12.0. The van der Waals surface area contributed by atoms with Gasteiger partial charge in [-0.05, 0) is 24.3 Å². The highest BCUT2D eigenvalue weighted by atomic mass is 35.5. The molecule has 8 nitrogen and oxygen atoms in total. The van der Waals surface area contributed by atoms with Crippen molar-refractivity contribution < 1.29 is 8.42 Å². The predicted molar refractivity (Wildman–Crippen MR) is 138 cm³/mol. The van der Waals surface area contributed by atoms with E-state index in [1.165, 1.54) is 16.6 Å². The Morgan fingerprint density at radius 2 is 2.03 bits per heavy atom. The van der Waals surface area contributed by atoms with Crippen LogP contribution in [0.25, 0.3) is 10.9 Å². The number of para-hydroxylation sites is 1. The van der Waals surface area contributed by atoms with Gasteiger partial charge in [-0.1, -0.05) is 30.0 Å². The maximum atomic E-state index is 13.0. The predicted octanol–water partition coefficient (Wildman–Crippen LogP) is 3.99. The van der Waals surface area contributed by atoms with Crippen LogP contribution in [0.3, 0.4) is 0 Å². The number of aromatic amines is 1. The molecule has 1 aliphatic heterocycles. The molecule has 1 N–H and O–H groups in total. The van der Waals surface area contributed by atoms with Crippen LogP contribution in [0, 0.1) is 0 Å². The molecule has 174 valence electrons. The number of aliphatic imine (C=N–C) groups is 1. The first-order chi connectivity index (χ1) is 15.0. The fraction of sp³-hybridized carbons (Fsp3) is 0.190. The Morgan fingerprint density at radius 3 is 2.76 bits per heavy atom. The summed E-state index contributed by atoms with van der Waals surface area (Å²) in [6, 6.07) is 12.5. The lowest BCUT2D eigenvalue weighted by Crippen LogP contribution is -2.27. The first-order valence-electron chi connectivity index (χ1n) is 9.71. The molecule has 0 spiro atoms. The molecular weight excluding hydrogens is 503 g/mol. The number of hydrogen-bond acceptors (Lipinski definition) is 6. The molecule has 0 amide bonds. The Morgan fingerprint density at radius 1 is 1.18 bits per heavy atom. The normalized spacial score (nSPS) is 15.5. The summed E-state index contributed by atoms with van der Waals surface area (Å²) in [6.07, 6.45) is 7.01. The molecule has 1 unspecified atom stereocenters. The Hall–Kier alpha value is -2.53. The molecule has 1 aliphatic rings. The van der Waals surface area contributed by atoms with Gasteiger partial charge in [-0.3, -0.25) is 9.30 Å². The summed E-state index contributed by atoms with van der Waals surface area (Å²) in [5.41, 5.74) is 2.21. The number of hydrogen-bond donors (Lipinski definition) is 1. The molecule has 0 aliphatic carbocycles. The second-order valence-electron chi connectivity index (χ2n) is 7.21. The number of thioether (sulfide) groups is 1. The fourth-order valence-electron chi connectivity index (χ4n) is 3.58. The molecule has 0 saturated carbocycles. The van der Waals surface area contributed by atoms with E-state index in [4.69, 9.17) is 4.99 Å². The second-order valence-corrected chi connectivity index (χ2v) is 10.4. The smallest absolute Gasteiger partial charge is 0.281 e. The minimum Gasteiger partial charge on any atom is -0.351 e. The molecule has 5 rings (SSSR count). The number of rotatable bonds is 6. The van der Waals surface area contributed by atoms with E-state index in [1.807, 2.05) is 30.7 Å². The topological polar surface area (TPSA) is 96.2 Å².